The third-order valence-corrected chi connectivity index (χ3v) is 4.37. The molecule has 0 amide bonds. The summed E-state index contributed by atoms with van der Waals surface area (Å²) in [4.78, 5) is 9.09. The van der Waals surface area contributed by atoms with Crippen LogP contribution in [0.25, 0.3) is 0 Å². The first-order valence-electron chi connectivity index (χ1n) is 8.32. The van der Waals surface area contributed by atoms with Gasteiger partial charge in [-0.25, -0.2) is 15.8 Å². The van der Waals surface area contributed by atoms with Crippen molar-refractivity contribution >= 4 is 11.6 Å². The van der Waals surface area contributed by atoms with Crippen LogP contribution in [0.2, 0.25) is 0 Å². The molecule has 0 bridgehead atoms. The molecule has 0 spiro atoms. The molecule has 2 rings (SSSR count). The van der Waals surface area contributed by atoms with Gasteiger partial charge in [0.05, 0.1) is 0 Å². The molecule has 1 aromatic heterocycles. The van der Waals surface area contributed by atoms with Crippen molar-refractivity contribution in [2.45, 2.75) is 65.2 Å². The molecule has 0 saturated heterocycles. The molecule has 1 saturated carbocycles. The third kappa shape index (κ3) is 4.56. The van der Waals surface area contributed by atoms with Crippen LogP contribution in [0.3, 0.4) is 0 Å². The Kier molecular flexibility index (Phi) is 6.23. The van der Waals surface area contributed by atoms with Gasteiger partial charge in [0.15, 0.2) is 0 Å². The van der Waals surface area contributed by atoms with Crippen LogP contribution in [0.5, 0.6) is 0 Å². The molecular formula is C16H29N5. The highest BCUT2D eigenvalue weighted by Gasteiger charge is 2.14. The zero-order chi connectivity index (χ0) is 15.1. The fourth-order valence-electron chi connectivity index (χ4n) is 3.08. The Morgan fingerprint density at radius 2 is 1.86 bits per heavy atom. The van der Waals surface area contributed by atoms with E-state index in [4.69, 9.17) is 5.84 Å². The minimum absolute atomic E-state index is 0.730. The molecule has 5 heteroatoms. The second kappa shape index (κ2) is 8.17. The van der Waals surface area contributed by atoms with E-state index in [1.165, 1.54) is 38.5 Å². The van der Waals surface area contributed by atoms with Crippen molar-refractivity contribution in [3.8, 4) is 0 Å². The monoisotopic (exact) mass is 291 g/mol. The Morgan fingerprint density at radius 1 is 1.14 bits per heavy atom. The Morgan fingerprint density at radius 3 is 2.52 bits per heavy atom. The largest absolute Gasteiger partial charge is 0.370 e. The lowest BCUT2D eigenvalue weighted by Gasteiger charge is -2.22. The SMILES string of the molecule is CCCc1nc(NN)c(C)c(NCCC2CCCCC2)n1. The van der Waals surface area contributed by atoms with E-state index in [-0.39, 0.29) is 0 Å². The number of anilines is 2. The number of hydrogen-bond donors (Lipinski definition) is 3. The smallest absolute Gasteiger partial charge is 0.148 e. The van der Waals surface area contributed by atoms with Crippen LogP contribution in [-0.4, -0.2) is 16.5 Å². The molecular weight excluding hydrogens is 262 g/mol. The maximum absolute atomic E-state index is 5.56. The highest BCUT2D eigenvalue weighted by Crippen LogP contribution is 2.26. The van der Waals surface area contributed by atoms with E-state index in [1.54, 1.807) is 0 Å². The molecule has 4 N–H and O–H groups in total. The minimum Gasteiger partial charge on any atom is -0.370 e. The summed E-state index contributed by atoms with van der Waals surface area (Å²) in [6.07, 6.45) is 10.2. The van der Waals surface area contributed by atoms with Crippen molar-refractivity contribution in [1.82, 2.24) is 9.97 Å². The van der Waals surface area contributed by atoms with Gasteiger partial charge in [-0.3, -0.25) is 0 Å². The van der Waals surface area contributed by atoms with Gasteiger partial charge in [-0.05, 0) is 25.7 Å². The first kappa shape index (κ1) is 16.0. The summed E-state index contributed by atoms with van der Waals surface area (Å²) in [5, 5.41) is 3.49. The van der Waals surface area contributed by atoms with E-state index in [2.05, 4.69) is 27.6 Å². The lowest BCUT2D eigenvalue weighted by Crippen LogP contribution is -2.17. The standard InChI is InChI=1S/C16H29N5/c1-3-7-14-19-15(12(2)16(20-14)21-17)18-11-10-13-8-5-4-6-9-13/h13H,3-11,17H2,1-2H3,(H2,18,19,20,21). The summed E-state index contributed by atoms with van der Waals surface area (Å²) in [5.41, 5.74) is 3.68. The van der Waals surface area contributed by atoms with Crippen molar-refractivity contribution < 1.29 is 0 Å². The average molecular weight is 291 g/mol. The normalized spacial score (nSPS) is 16.0. The van der Waals surface area contributed by atoms with Gasteiger partial charge in [0.2, 0.25) is 0 Å². The Labute approximate surface area is 128 Å². The van der Waals surface area contributed by atoms with Crippen LogP contribution >= 0.6 is 0 Å². The van der Waals surface area contributed by atoms with Gasteiger partial charge in [0, 0.05) is 18.5 Å². The summed E-state index contributed by atoms with van der Waals surface area (Å²) in [6, 6.07) is 0. The number of hydrazine groups is 1. The molecule has 0 atom stereocenters. The van der Waals surface area contributed by atoms with Crippen LogP contribution in [0, 0.1) is 12.8 Å². The number of aryl methyl sites for hydroxylation is 1. The van der Waals surface area contributed by atoms with Crippen LogP contribution in [0.15, 0.2) is 0 Å². The Balaban J connectivity index is 1.95. The molecule has 0 unspecified atom stereocenters. The third-order valence-electron chi connectivity index (χ3n) is 4.37. The molecule has 118 valence electrons. The fourth-order valence-corrected chi connectivity index (χ4v) is 3.08. The molecule has 0 radical (unpaired) electrons. The molecule has 21 heavy (non-hydrogen) atoms. The van der Waals surface area contributed by atoms with Gasteiger partial charge in [0.25, 0.3) is 0 Å². The zero-order valence-corrected chi connectivity index (χ0v) is 13.4. The van der Waals surface area contributed by atoms with Crippen molar-refractivity contribution in [3.63, 3.8) is 0 Å². The van der Waals surface area contributed by atoms with E-state index in [1.807, 2.05) is 6.92 Å². The van der Waals surface area contributed by atoms with E-state index in [0.717, 1.165) is 48.3 Å². The average Bonchev–Trinajstić information content (AvgIpc) is 2.51. The van der Waals surface area contributed by atoms with Gasteiger partial charge >= 0.3 is 0 Å². The van der Waals surface area contributed by atoms with Gasteiger partial charge in [0.1, 0.15) is 17.5 Å². The summed E-state index contributed by atoms with van der Waals surface area (Å²) < 4.78 is 0. The van der Waals surface area contributed by atoms with Crippen LogP contribution in [-0.2, 0) is 6.42 Å². The molecule has 1 aromatic rings. The van der Waals surface area contributed by atoms with Gasteiger partial charge in [-0.2, -0.15) is 0 Å². The number of nitrogens with two attached hydrogens (primary N) is 1. The number of nitrogen functional groups attached to an aromatic ring is 1. The highest BCUT2D eigenvalue weighted by atomic mass is 15.3. The second-order valence-corrected chi connectivity index (χ2v) is 6.08. The number of nitrogens with one attached hydrogen (secondary N) is 2. The van der Waals surface area contributed by atoms with Gasteiger partial charge < -0.3 is 10.7 Å². The van der Waals surface area contributed by atoms with E-state index in [0.29, 0.717) is 0 Å². The predicted molar refractivity (Wildman–Crippen MR) is 88.3 cm³/mol. The lowest BCUT2D eigenvalue weighted by atomic mass is 9.87. The molecule has 1 heterocycles. The molecule has 1 aliphatic rings. The first-order valence-corrected chi connectivity index (χ1v) is 8.32. The summed E-state index contributed by atoms with van der Waals surface area (Å²) in [7, 11) is 0. The number of hydrogen-bond acceptors (Lipinski definition) is 5. The summed E-state index contributed by atoms with van der Waals surface area (Å²) >= 11 is 0. The maximum atomic E-state index is 5.56. The van der Waals surface area contributed by atoms with E-state index in [9.17, 15) is 0 Å². The topological polar surface area (TPSA) is 75.9 Å². The first-order chi connectivity index (χ1) is 10.2. The van der Waals surface area contributed by atoms with E-state index < -0.39 is 0 Å². The van der Waals surface area contributed by atoms with Crippen molar-refractivity contribution in [1.29, 1.82) is 0 Å². The maximum Gasteiger partial charge on any atom is 0.148 e. The van der Waals surface area contributed by atoms with Crippen molar-refractivity contribution in [2.75, 3.05) is 17.3 Å². The van der Waals surface area contributed by atoms with Crippen LogP contribution in [0.4, 0.5) is 11.6 Å². The molecule has 5 nitrogen and oxygen atoms in total. The van der Waals surface area contributed by atoms with Crippen LogP contribution in [0.1, 0.15) is 63.3 Å². The summed E-state index contributed by atoms with van der Waals surface area (Å²) in [5.74, 6) is 8.96. The van der Waals surface area contributed by atoms with E-state index >= 15 is 0 Å². The quantitative estimate of drug-likeness (QED) is 0.530. The predicted octanol–water partition coefficient (Wildman–Crippen LogP) is 3.41. The number of aromatic nitrogens is 2. The lowest BCUT2D eigenvalue weighted by molar-refractivity contribution is 0.345. The molecule has 0 aliphatic heterocycles. The van der Waals surface area contributed by atoms with Crippen LogP contribution < -0.4 is 16.6 Å². The molecule has 1 fully saturated rings. The zero-order valence-electron chi connectivity index (χ0n) is 13.4. The Bertz CT molecular complexity index is 441. The molecule has 0 aromatic carbocycles. The Hall–Kier alpha value is -1.36. The van der Waals surface area contributed by atoms with Gasteiger partial charge in [-0.15, -0.1) is 0 Å². The molecule has 1 aliphatic carbocycles. The second-order valence-electron chi connectivity index (χ2n) is 6.08. The number of rotatable bonds is 7. The number of nitrogens with zero attached hydrogens (tertiary/aromatic N) is 2. The van der Waals surface area contributed by atoms with Gasteiger partial charge in [-0.1, -0.05) is 39.0 Å². The summed E-state index contributed by atoms with van der Waals surface area (Å²) in [6.45, 7) is 5.13. The van der Waals surface area contributed by atoms with Crippen molar-refractivity contribution in [2.24, 2.45) is 11.8 Å². The highest BCUT2D eigenvalue weighted by molar-refractivity contribution is 5.56. The fraction of sp³-hybridized carbons (Fsp3) is 0.750. The minimum atomic E-state index is 0.730. The van der Waals surface area contributed by atoms with Crippen molar-refractivity contribution in [3.05, 3.63) is 11.4 Å².